The molecule has 27 heavy (non-hydrogen) atoms. The molecular formula is C19H19FN2O4S. The summed E-state index contributed by atoms with van der Waals surface area (Å²) in [7, 11) is 0. The van der Waals surface area contributed by atoms with Crippen molar-refractivity contribution in [2.24, 2.45) is 5.73 Å². The molecule has 1 aliphatic rings. The van der Waals surface area contributed by atoms with Crippen LogP contribution in [0.4, 0.5) is 4.39 Å². The molecule has 0 unspecified atom stereocenters. The molecule has 1 atom stereocenters. The van der Waals surface area contributed by atoms with Crippen molar-refractivity contribution in [2.75, 3.05) is 13.2 Å². The first-order valence-corrected chi connectivity index (χ1v) is 9.39. The molecule has 3 rings (SSSR count). The van der Waals surface area contributed by atoms with Crippen LogP contribution < -0.4 is 5.73 Å². The summed E-state index contributed by atoms with van der Waals surface area (Å²) >= 11 is 1.20. The van der Waals surface area contributed by atoms with Crippen molar-refractivity contribution < 1.29 is 23.5 Å². The van der Waals surface area contributed by atoms with Gasteiger partial charge in [-0.05, 0) is 49.1 Å². The largest absolute Gasteiger partial charge is 0.451 e. The maximum absolute atomic E-state index is 13.0. The molecule has 2 amide bonds. The Balaban J connectivity index is 1.60. The molecule has 0 aliphatic carbocycles. The first kappa shape index (κ1) is 19.0. The Morgan fingerprint density at radius 2 is 1.89 bits per heavy atom. The highest BCUT2D eigenvalue weighted by Gasteiger charge is 2.31. The Kier molecular flexibility index (Phi) is 5.85. The number of likely N-dealkylation sites (tertiary alicyclic amines) is 1. The van der Waals surface area contributed by atoms with E-state index in [1.807, 2.05) is 0 Å². The van der Waals surface area contributed by atoms with E-state index in [2.05, 4.69) is 0 Å². The number of primary amides is 1. The van der Waals surface area contributed by atoms with Crippen LogP contribution in [-0.4, -0.2) is 41.9 Å². The van der Waals surface area contributed by atoms with Crippen molar-refractivity contribution in [1.82, 2.24) is 4.90 Å². The van der Waals surface area contributed by atoms with Crippen molar-refractivity contribution in [2.45, 2.75) is 25.3 Å². The van der Waals surface area contributed by atoms with E-state index in [9.17, 15) is 18.8 Å². The van der Waals surface area contributed by atoms with Crippen molar-refractivity contribution in [3.05, 3.63) is 47.1 Å². The minimum Gasteiger partial charge on any atom is -0.451 e. The number of ether oxygens (including phenoxy) is 1. The zero-order valence-corrected chi connectivity index (χ0v) is 15.3. The molecule has 6 nitrogen and oxygen atoms in total. The van der Waals surface area contributed by atoms with Crippen LogP contribution >= 0.6 is 11.3 Å². The van der Waals surface area contributed by atoms with Gasteiger partial charge in [0.2, 0.25) is 5.91 Å². The lowest BCUT2D eigenvalue weighted by molar-refractivity contribution is -0.143. The van der Waals surface area contributed by atoms with Gasteiger partial charge < -0.3 is 15.4 Å². The van der Waals surface area contributed by atoms with E-state index in [0.717, 1.165) is 23.3 Å². The van der Waals surface area contributed by atoms with Gasteiger partial charge in [0.05, 0.1) is 0 Å². The number of rotatable bonds is 5. The fourth-order valence-electron chi connectivity index (χ4n) is 3.02. The van der Waals surface area contributed by atoms with Crippen molar-refractivity contribution >= 4 is 29.1 Å². The summed E-state index contributed by atoms with van der Waals surface area (Å²) in [6.45, 7) is -0.00982. The molecule has 0 saturated carbocycles. The molecular weight excluding hydrogens is 371 g/mol. The number of amides is 2. The van der Waals surface area contributed by atoms with Gasteiger partial charge in [-0.2, -0.15) is 0 Å². The summed E-state index contributed by atoms with van der Waals surface area (Å²) in [6.07, 6.45) is 2.15. The SMILES string of the molecule is NC(=O)[C@@H]1CCCCN1C(=O)COC(=O)c1ccc(-c2ccc(F)cc2)s1. The summed E-state index contributed by atoms with van der Waals surface area (Å²) in [5, 5.41) is 0. The smallest absolute Gasteiger partial charge is 0.348 e. The van der Waals surface area contributed by atoms with Crippen LogP contribution in [0.5, 0.6) is 0 Å². The van der Waals surface area contributed by atoms with Crippen LogP contribution in [-0.2, 0) is 14.3 Å². The molecule has 1 saturated heterocycles. The van der Waals surface area contributed by atoms with Crippen LogP contribution in [0.2, 0.25) is 0 Å². The number of carbonyl (C=O) groups excluding carboxylic acids is 3. The average molecular weight is 390 g/mol. The maximum Gasteiger partial charge on any atom is 0.348 e. The molecule has 8 heteroatoms. The van der Waals surface area contributed by atoms with Crippen molar-refractivity contribution in [3.8, 4) is 10.4 Å². The Bertz CT molecular complexity index is 850. The Hall–Kier alpha value is -2.74. The fraction of sp³-hybridized carbons (Fsp3) is 0.316. The Morgan fingerprint density at radius 1 is 1.15 bits per heavy atom. The Labute approximate surface area is 159 Å². The molecule has 2 N–H and O–H groups in total. The average Bonchev–Trinajstić information content (AvgIpc) is 3.16. The molecule has 0 bridgehead atoms. The number of hydrogen-bond donors (Lipinski definition) is 1. The van der Waals surface area contributed by atoms with Gasteiger partial charge >= 0.3 is 5.97 Å². The van der Waals surface area contributed by atoms with E-state index in [1.54, 1.807) is 24.3 Å². The van der Waals surface area contributed by atoms with Crippen molar-refractivity contribution in [3.63, 3.8) is 0 Å². The molecule has 0 radical (unpaired) electrons. The molecule has 2 heterocycles. The summed E-state index contributed by atoms with van der Waals surface area (Å²) in [5.74, 6) is -1.92. The molecule has 1 aromatic heterocycles. The number of nitrogens with two attached hydrogens (primary N) is 1. The van der Waals surface area contributed by atoms with E-state index in [-0.39, 0.29) is 5.82 Å². The van der Waals surface area contributed by atoms with Crippen LogP contribution in [0.25, 0.3) is 10.4 Å². The second-order valence-corrected chi connectivity index (χ2v) is 7.33. The molecule has 1 aliphatic heterocycles. The number of esters is 1. The highest BCUT2D eigenvalue weighted by Crippen LogP contribution is 2.28. The number of carbonyl (C=O) groups is 3. The van der Waals surface area contributed by atoms with Gasteiger partial charge in [0.15, 0.2) is 6.61 Å². The number of hydrogen-bond acceptors (Lipinski definition) is 5. The van der Waals surface area contributed by atoms with Gasteiger partial charge in [-0.15, -0.1) is 11.3 Å². The van der Waals surface area contributed by atoms with Gasteiger partial charge in [-0.1, -0.05) is 12.1 Å². The maximum atomic E-state index is 13.0. The molecule has 1 aromatic carbocycles. The second kappa shape index (κ2) is 8.30. The molecule has 1 fully saturated rings. The lowest BCUT2D eigenvalue weighted by Crippen LogP contribution is -2.51. The topological polar surface area (TPSA) is 89.7 Å². The highest BCUT2D eigenvalue weighted by molar-refractivity contribution is 7.17. The monoisotopic (exact) mass is 390 g/mol. The Morgan fingerprint density at radius 3 is 2.59 bits per heavy atom. The zero-order valence-electron chi connectivity index (χ0n) is 14.5. The third kappa shape index (κ3) is 4.51. The first-order chi connectivity index (χ1) is 13.0. The van der Waals surface area contributed by atoms with Gasteiger partial charge in [0.1, 0.15) is 16.7 Å². The minimum atomic E-state index is -0.642. The van der Waals surface area contributed by atoms with Gasteiger partial charge in [0.25, 0.3) is 5.91 Å². The second-order valence-electron chi connectivity index (χ2n) is 6.25. The van der Waals surface area contributed by atoms with Crippen LogP contribution in [0, 0.1) is 5.82 Å². The van der Waals surface area contributed by atoms with Gasteiger partial charge in [-0.25, -0.2) is 9.18 Å². The van der Waals surface area contributed by atoms with Gasteiger partial charge in [0, 0.05) is 11.4 Å². The lowest BCUT2D eigenvalue weighted by atomic mass is 10.0. The van der Waals surface area contributed by atoms with Crippen LogP contribution in [0.3, 0.4) is 0 Å². The minimum absolute atomic E-state index is 0.333. The molecule has 2 aromatic rings. The first-order valence-electron chi connectivity index (χ1n) is 8.57. The molecule has 0 spiro atoms. The number of piperidine rings is 1. The standard InChI is InChI=1S/C19H19FN2O4S/c20-13-6-4-12(5-7-13)15-8-9-16(27-15)19(25)26-11-17(23)22-10-2-1-3-14(22)18(21)24/h4-9,14H,1-3,10-11H2,(H2,21,24)/t14-/m0/s1. The third-order valence-corrected chi connectivity index (χ3v) is 5.53. The zero-order chi connectivity index (χ0) is 19.4. The van der Waals surface area contributed by atoms with Crippen LogP contribution in [0.1, 0.15) is 28.9 Å². The lowest BCUT2D eigenvalue weighted by Gasteiger charge is -2.33. The predicted molar refractivity (Wildman–Crippen MR) is 98.5 cm³/mol. The fourth-order valence-corrected chi connectivity index (χ4v) is 3.93. The summed E-state index contributed by atoms with van der Waals surface area (Å²) in [6, 6.07) is 8.64. The summed E-state index contributed by atoms with van der Waals surface area (Å²) in [4.78, 5) is 38.5. The van der Waals surface area contributed by atoms with E-state index in [1.165, 1.54) is 28.4 Å². The quantitative estimate of drug-likeness (QED) is 0.795. The van der Waals surface area contributed by atoms with Crippen LogP contribution in [0.15, 0.2) is 36.4 Å². The number of thiophene rings is 1. The van der Waals surface area contributed by atoms with E-state index >= 15 is 0 Å². The number of benzene rings is 1. The summed E-state index contributed by atoms with van der Waals surface area (Å²) in [5.41, 5.74) is 6.13. The number of nitrogens with zero attached hydrogens (tertiary/aromatic N) is 1. The van der Waals surface area contributed by atoms with Gasteiger partial charge in [-0.3, -0.25) is 9.59 Å². The van der Waals surface area contributed by atoms with E-state index in [0.29, 0.717) is 17.8 Å². The predicted octanol–water partition coefficient (Wildman–Crippen LogP) is 2.58. The van der Waals surface area contributed by atoms with E-state index < -0.39 is 30.4 Å². The van der Waals surface area contributed by atoms with Crippen molar-refractivity contribution in [1.29, 1.82) is 0 Å². The third-order valence-electron chi connectivity index (χ3n) is 4.41. The summed E-state index contributed by atoms with van der Waals surface area (Å²) < 4.78 is 18.1. The van der Waals surface area contributed by atoms with E-state index in [4.69, 9.17) is 10.5 Å². The molecule has 142 valence electrons. The normalized spacial score (nSPS) is 16.8. The number of halogens is 1. The highest BCUT2D eigenvalue weighted by atomic mass is 32.1.